The largest absolute Gasteiger partial charge is 0.247 e. The third kappa shape index (κ3) is 6.44. The fourth-order valence-electron chi connectivity index (χ4n) is 7.14. The van der Waals surface area contributed by atoms with Crippen molar-refractivity contribution in [1.82, 2.24) is 19.9 Å². The van der Waals surface area contributed by atoms with Gasteiger partial charge in [0.2, 0.25) is 0 Å². The van der Waals surface area contributed by atoms with Crippen molar-refractivity contribution in [3.63, 3.8) is 0 Å². The highest BCUT2D eigenvalue weighted by atomic mass is 15.0. The molecule has 0 saturated carbocycles. The maximum absolute atomic E-state index is 5.15. The zero-order chi connectivity index (χ0) is 36.6. The SMILES string of the molecule is CC(C)(C)c1ccc(-c2cc(-c3ccc(-c4nc5ccccc5c5ccccc45)cc3)cc(-c3nc(-c4ccccc4)nc(-c4ccccc4)n3)c2)cc1. The van der Waals surface area contributed by atoms with Crippen molar-refractivity contribution in [2.75, 3.05) is 0 Å². The molecule has 0 aliphatic carbocycles. The van der Waals surface area contributed by atoms with Crippen LogP contribution in [0, 0.1) is 0 Å². The van der Waals surface area contributed by atoms with Gasteiger partial charge in [0, 0.05) is 33.0 Å². The quantitative estimate of drug-likeness (QED) is 0.163. The van der Waals surface area contributed by atoms with Crippen LogP contribution in [0.25, 0.3) is 89.4 Å². The monoisotopic (exact) mass is 694 g/mol. The van der Waals surface area contributed by atoms with Crippen molar-refractivity contribution >= 4 is 21.7 Å². The van der Waals surface area contributed by atoms with Crippen LogP contribution >= 0.6 is 0 Å². The smallest absolute Gasteiger partial charge is 0.164 e. The number of fused-ring (bicyclic) bond motifs is 3. The van der Waals surface area contributed by atoms with E-state index in [9.17, 15) is 0 Å². The van der Waals surface area contributed by atoms with Crippen LogP contribution in [0.5, 0.6) is 0 Å². The fraction of sp³-hybridized carbons (Fsp3) is 0.0800. The summed E-state index contributed by atoms with van der Waals surface area (Å²) in [7, 11) is 0. The molecule has 4 heteroatoms. The molecule has 258 valence electrons. The standard InChI is InChI=1S/C50H38N4/c1-50(2,3)41-28-26-34(27-29-41)39-30-38(33-22-24-35(25-23-33)46-44-20-11-10-18-42(44)43-19-12-13-21-45(43)51-46)31-40(32-39)49-53-47(36-14-6-4-7-15-36)52-48(54-49)37-16-8-5-9-17-37/h4-32H,1-3H3. The average molecular weight is 695 g/mol. The lowest BCUT2D eigenvalue weighted by atomic mass is 9.86. The van der Waals surface area contributed by atoms with Gasteiger partial charge in [-0.25, -0.2) is 19.9 Å². The molecule has 54 heavy (non-hydrogen) atoms. The van der Waals surface area contributed by atoms with Crippen molar-refractivity contribution in [3.05, 3.63) is 181 Å². The summed E-state index contributed by atoms with van der Waals surface area (Å²) < 4.78 is 0. The predicted molar refractivity (Wildman–Crippen MR) is 224 cm³/mol. The molecule has 9 rings (SSSR count). The van der Waals surface area contributed by atoms with Gasteiger partial charge in [0.1, 0.15) is 0 Å². The Bertz CT molecular complexity index is 2710. The highest BCUT2D eigenvalue weighted by molar-refractivity contribution is 6.10. The summed E-state index contributed by atoms with van der Waals surface area (Å²) in [5, 5.41) is 3.52. The van der Waals surface area contributed by atoms with E-state index in [1.165, 1.54) is 10.9 Å². The van der Waals surface area contributed by atoms with E-state index in [-0.39, 0.29) is 5.41 Å². The Morgan fingerprint density at radius 3 is 1.30 bits per heavy atom. The average Bonchev–Trinajstić information content (AvgIpc) is 3.23. The van der Waals surface area contributed by atoms with Gasteiger partial charge in [-0.05, 0) is 62.9 Å². The molecule has 0 radical (unpaired) electrons. The summed E-state index contributed by atoms with van der Waals surface area (Å²) in [6.45, 7) is 6.74. The van der Waals surface area contributed by atoms with Crippen LogP contribution in [-0.4, -0.2) is 19.9 Å². The van der Waals surface area contributed by atoms with Crippen LogP contribution in [0.1, 0.15) is 26.3 Å². The summed E-state index contributed by atoms with van der Waals surface area (Å²) in [6, 6.07) is 61.5. The van der Waals surface area contributed by atoms with Crippen molar-refractivity contribution in [2.24, 2.45) is 0 Å². The van der Waals surface area contributed by atoms with E-state index in [0.29, 0.717) is 17.5 Å². The van der Waals surface area contributed by atoms with Gasteiger partial charge in [-0.1, -0.05) is 172 Å². The Morgan fingerprint density at radius 1 is 0.315 bits per heavy atom. The van der Waals surface area contributed by atoms with Gasteiger partial charge in [-0.2, -0.15) is 0 Å². The Labute approximate surface area is 315 Å². The Kier molecular flexibility index (Phi) is 8.36. The second kappa shape index (κ2) is 13.6. The number of para-hydroxylation sites is 1. The molecule has 0 aliphatic heterocycles. The van der Waals surface area contributed by atoms with E-state index < -0.39 is 0 Å². The highest BCUT2D eigenvalue weighted by Gasteiger charge is 2.17. The van der Waals surface area contributed by atoms with Gasteiger partial charge in [-0.3, -0.25) is 0 Å². The molecule has 0 unspecified atom stereocenters. The van der Waals surface area contributed by atoms with Crippen LogP contribution in [-0.2, 0) is 5.41 Å². The number of benzene rings is 7. The topological polar surface area (TPSA) is 51.6 Å². The van der Waals surface area contributed by atoms with Gasteiger partial charge in [-0.15, -0.1) is 0 Å². The maximum atomic E-state index is 5.15. The van der Waals surface area contributed by atoms with E-state index >= 15 is 0 Å². The zero-order valence-electron chi connectivity index (χ0n) is 30.5. The van der Waals surface area contributed by atoms with Crippen molar-refractivity contribution < 1.29 is 0 Å². The normalized spacial score (nSPS) is 11.6. The van der Waals surface area contributed by atoms with E-state index in [2.05, 4.69) is 136 Å². The second-order valence-electron chi connectivity index (χ2n) is 14.8. The van der Waals surface area contributed by atoms with Crippen molar-refractivity contribution in [1.29, 1.82) is 0 Å². The highest BCUT2D eigenvalue weighted by Crippen LogP contribution is 2.37. The maximum Gasteiger partial charge on any atom is 0.164 e. The van der Waals surface area contributed by atoms with E-state index in [4.69, 9.17) is 19.9 Å². The molecular formula is C50H38N4. The fourth-order valence-corrected chi connectivity index (χ4v) is 7.14. The molecule has 2 heterocycles. The third-order valence-corrected chi connectivity index (χ3v) is 10.1. The van der Waals surface area contributed by atoms with Gasteiger partial charge >= 0.3 is 0 Å². The van der Waals surface area contributed by atoms with Crippen LogP contribution in [0.3, 0.4) is 0 Å². The van der Waals surface area contributed by atoms with Crippen LogP contribution in [0.2, 0.25) is 0 Å². The lowest BCUT2D eigenvalue weighted by molar-refractivity contribution is 0.590. The van der Waals surface area contributed by atoms with Crippen LogP contribution in [0.15, 0.2) is 176 Å². The molecule has 0 spiro atoms. The molecule has 2 aromatic heterocycles. The summed E-state index contributed by atoms with van der Waals surface area (Å²) in [4.78, 5) is 20.3. The Morgan fingerprint density at radius 2 is 0.741 bits per heavy atom. The van der Waals surface area contributed by atoms with Gasteiger partial charge < -0.3 is 0 Å². The van der Waals surface area contributed by atoms with Crippen LogP contribution in [0.4, 0.5) is 0 Å². The zero-order valence-corrected chi connectivity index (χ0v) is 30.5. The summed E-state index contributed by atoms with van der Waals surface area (Å²) in [5.41, 5.74) is 11.6. The summed E-state index contributed by atoms with van der Waals surface area (Å²) in [6.07, 6.45) is 0. The van der Waals surface area contributed by atoms with Crippen molar-refractivity contribution in [3.8, 4) is 67.7 Å². The summed E-state index contributed by atoms with van der Waals surface area (Å²) >= 11 is 0. The van der Waals surface area contributed by atoms with Crippen molar-refractivity contribution in [2.45, 2.75) is 26.2 Å². The lowest BCUT2D eigenvalue weighted by Crippen LogP contribution is -2.10. The number of pyridine rings is 1. The number of rotatable bonds is 6. The first-order valence-corrected chi connectivity index (χ1v) is 18.4. The second-order valence-corrected chi connectivity index (χ2v) is 14.8. The Balaban J connectivity index is 1.20. The van der Waals surface area contributed by atoms with Gasteiger partial charge in [0.05, 0.1) is 11.2 Å². The number of hydrogen-bond acceptors (Lipinski definition) is 4. The number of nitrogens with zero attached hydrogens (tertiary/aromatic N) is 4. The van der Waals surface area contributed by atoms with E-state index in [0.717, 1.165) is 66.5 Å². The number of hydrogen-bond donors (Lipinski definition) is 0. The summed E-state index contributed by atoms with van der Waals surface area (Å²) in [5.74, 6) is 1.90. The van der Waals surface area contributed by atoms with Gasteiger partial charge in [0.15, 0.2) is 17.5 Å². The molecule has 4 nitrogen and oxygen atoms in total. The molecule has 0 bridgehead atoms. The Hall–Kier alpha value is -6.78. The number of aromatic nitrogens is 4. The molecule has 9 aromatic rings. The molecule has 0 fully saturated rings. The first kappa shape index (κ1) is 33.1. The first-order chi connectivity index (χ1) is 26.4. The molecule has 7 aromatic carbocycles. The molecule has 0 amide bonds. The lowest BCUT2D eigenvalue weighted by Gasteiger charge is -2.19. The minimum Gasteiger partial charge on any atom is -0.247 e. The minimum absolute atomic E-state index is 0.0606. The molecule has 0 atom stereocenters. The third-order valence-electron chi connectivity index (χ3n) is 10.1. The van der Waals surface area contributed by atoms with Crippen LogP contribution < -0.4 is 0 Å². The molecular weight excluding hydrogens is 657 g/mol. The minimum atomic E-state index is 0.0606. The van der Waals surface area contributed by atoms with Gasteiger partial charge in [0.25, 0.3) is 0 Å². The first-order valence-electron chi connectivity index (χ1n) is 18.4. The molecule has 0 aliphatic rings. The predicted octanol–water partition coefficient (Wildman–Crippen LogP) is 12.9. The molecule has 0 saturated heterocycles. The molecule has 0 N–H and O–H groups in total. The van der Waals surface area contributed by atoms with E-state index in [1.807, 2.05) is 60.7 Å². The van der Waals surface area contributed by atoms with E-state index in [1.54, 1.807) is 0 Å².